The van der Waals surface area contributed by atoms with Crippen LogP contribution in [0.3, 0.4) is 0 Å². The first-order valence-corrected chi connectivity index (χ1v) is 7.72. The van der Waals surface area contributed by atoms with Gasteiger partial charge in [-0.1, -0.05) is 17.7 Å². The number of aromatic nitrogens is 1. The van der Waals surface area contributed by atoms with E-state index in [2.05, 4.69) is 20.2 Å². The molecule has 0 bridgehead atoms. The first-order chi connectivity index (χ1) is 10.2. The zero-order valence-electron chi connectivity index (χ0n) is 12.7. The van der Waals surface area contributed by atoms with Crippen molar-refractivity contribution in [3.05, 3.63) is 29.0 Å². The van der Waals surface area contributed by atoms with E-state index in [9.17, 15) is 0 Å². The lowest BCUT2D eigenvalue weighted by Gasteiger charge is -2.24. The Kier molecular flexibility index (Phi) is 6.28. The molecule has 1 aromatic rings. The summed E-state index contributed by atoms with van der Waals surface area (Å²) >= 11 is 5.80. The van der Waals surface area contributed by atoms with Gasteiger partial charge in [-0.2, -0.15) is 0 Å². The van der Waals surface area contributed by atoms with Crippen LogP contribution in [-0.2, 0) is 11.3 Å². The van der Waals surface area contributed by atoms with Crippen LogP contribution in [0.25, 0.3) is 0 Å². The zero-order chi connectivity index (χ0) is 14.7. The predicted octanol–water partition coefficient (Wildman–Crippen LogP) is 2.54. The van der Waals surface area contributed by atoms with E-state index in [1.54, 1.807) is 6.20 Å². The average Bonchev–Trinajstić information content (AvgIpc) is 3.13. The van der Waals surface area contributed by atoms with Crippen LogP contribution in [-0.4, -0.2) is 49.2 Å². The molecule has 0 saturated carbocycles. The summed E-state index contributed by atoms with van der Waals surface area (Å²) in [5.74, 6) is 0.953. The maximum Gasteiger partial charge on any atom is 0.193 e. The van der Waals surface area contributed by atoms with Gasteiger partial charge in [0.05, 0.1) is 6.61 Å². The number of ether oxygens (including phenoxy) is 1. The van der Waals surface area contributed by atoms with Gasteiger partial charge < -0.3 is 15.0 Å². The average molecular weight is 437 g/mol. The highest BCUT2D eigenvalue weighted by Crippen LogP contribution is 2.38. The molecule has 0 radical (unpaired) electrons. The molecule has 3 heterocycles. The van der Waals surface area contributed by atoms with Crippen molar-refractivity contribution in [3.8, 4) is 0 Å². The van der Waals surface area contributed by atoms with E-state index in [1.807, 2.05) is 19.2 Å². The summed E-state index contributed by atoms with van der Waals surface area (Å²) in [5, 5.41) is 3.92. The summed E-state index contributed by atoms with van der Waals surface area (Å²) in [6.07, 6.45) is 4.15. The molecule has 122 valence electrons. The maximum absolute atomic E-state index is 5.80. The summed E-state index contributed by atoms with van der Waals surface area (Å²) in [6, 6.07) is 3.79. The van der Waals surface area contributed by atoms with Crippen molar-refractivity contribution in [2.75, 3.05) is 33.4 Å². The number of likely N-dealkylation sites (tertiary alicyclic amines) is 1. The number of nitrogens with zero attached hydrogens (tertiary/aromatic N) is 3. The number of hydrogen-bond acceptors (Lipinski definition) is 3. The molecule has 1 atom stereocenters. The molecular weight excluding hydrogens is 415 g/mol. The Hall–Kier alpha value is -0.600. The quantitative estimate of drug-likeness (QED) is 0.335. The molecule has 0 amide bonds. The van der Waals surface area contributed by atoms with Gasteiger partial charge in [0.1, 0.15) is 5.15 Å². The van der Waals surface area contributed by atoms with E-state index in [1.165, 1.54) is 12.8 Å². The topological polar surface area (TPSA) is 49.8 Å². The molecule has 1 N–H and O–H groups in total. The molecule has 2 aliphatic heterocycles. The molecule has 5 nitrogen and oxygen atoms in total. The minimum atomic E-state index is 0. The summed E-state index contributed by atoms with van der Waals surface area (Å²) in [6.45, 7) is 4.57. The van der Waals surface area contributed by atoms with E-state index in [4.69, 9.17) is 16.3 Å². The van der Waals surface area contributed by atoms with Gasteiger partial charge in [0.25, 0.3) is 0 Å². The van der Waals surface area contributed by atoms with Gasteiger partial charge in [-0.25, -0.2) is 4.98 Å². The van der Waals surface area contributed by atoms with E-state index in [-0.39, 0.29) is 24.0 Å². The highest BCUT2D eigenvalue weighted by atomic mass is 127. The van der Waals surface area contributed by atoms with Gasteiger partial charge in [-0.15, -0.1) is 24.0 Å². The monoisotopic (exact) mass is 436 g/mol. The van der Waals surface area contributed by atoms with Crippen LogP contribution in [0, 0.1) is 5.41 Å². The lowest BCUT2D eigenvalue weighted by Crippen LogP contribution is -2.41. The Morgan fingerprint density at radius 2 is 2.36 bits per heavy atom. The summed E-state index contributed by atoms with van der Waals surface area (Å²) in [4.78, 5) is 10.8. The van der Waals surface area contributed by atoms with Crippen molar-refractivity contribution in [1.29, 1.82) is 0 Å². The highest BCUT2D eigenvalue weighted by molar-refractivity contribution is 14.0. The summed E-state index contributed by atoms with van der Waals surface area (Å²) in [5.41, 5.74) is 1.44. The van der Waals surface area contributed by atoms with Crippen molar-refractivity contribution >= 4 is 41.5 Å². The molecule has 1 unspecified atom stereocenters. The molecule has 3 rings (SSSR count). The third-order valence-corrected chi connectivity index (χ3v) is 4.60. The molecule has 7 heteroatoms. The first-order valence-electron chi connectivity index (χ1n) is 7.35. The van der Waals surface area contributed by atoms with E-state index >= 15 is 0 Å². The number of aliphatic imine (C=N–C) groups is 1. The number of rotatable bonds is 2. The molecule has 2 saturated heterocycles. The second-order valence-electron chi connectivity index (χ2n) is 5.86. The van der Waals surface area contributed by atoms with Crippen molar-refractivity contribution in [3.63, 3.8) is 0 Å². The van der Waals surface area contributed by atoms with Gasteiger partial charge in [-0.05, 0) is 24.5 Å². The van der Waals surface area contributed by atoms with Crippen molar-refractivity contribution in [2.24, 2.45) is 10.4 Å². The number of nitrogens with one attached hydrogen (secondary N) is 1. The van der Waals surface area contributed by atoms with Gasteiger partial charge in [0.15, 0.2) is 5.96 Å². The van der Waals surface area contributed by atoms with Crippen molar-refractivity contribution < 1.29 is 4.74 Å². The standard InChI is InChI=1S/C15H21ClN4O.HI/c1-17-14(19-9-12-2-3-13(16)18-8-12)20-6-4-15(10-20)5-7-21-11-15;/h2-3,8H,4-7,9-11H2,1H3,(H,17,19);1H. The zero-order valence-corrected chi connectivity index (χ0v) is 15.8. The predicted molar refractivity (Wildman–Crippen MR) is 98.9 cm³/mol. The lowest BCUT2D eigenvalue weighted by molar-refractivity contribution is 0.156. The van der Waals surface area contributed by atoms with Crippen molar-refractivity contribution in [1.82, 2.24) is 15.2 Å². The Bertz CT molecular complexity index is 517. The molecule has 0 aromatic carbocycles. The van der Waals surface area contributed by atoms with Crippen LogP contribution in [0.1, 0.15) is 18.4 Å². The van der Waals surface area contributed by atoms with Crippen LogP contribution < -0.4 is 5.32 Å². The van der Waals surface area contributed by atoms with Gasteiger partial charge in [0, 0.05) is 44.9 Å². The molecule has 2 aliphatic rings. The van der Waals surface area contributed by atoms with E-state index in [0.717, 1.165) is 37.8 Å². The van der Waals surface area contributed by atoms with Crippen LogP contribution in [0.2, 0.25) is 5.15 Å². The second kappa shape index (κ2) is 7.79. The molecule has 1 aromatic heterocycles. The molecule has 22 heavy (non-hydrogen) atoms. The molecule has 0 aliphatic carbocycles. The maximum atomic E-state index is 5.80. The number of hydrogen-bond donors (Lipinski definition) is 1. The minimum absolute atomic E-state index is 0. The lowest BCUT2D eigenvalue weighted by atomic mass is 9.87. The van der Waals surface area contributed by atoms with Gasteiger partial charge in [0.2, 0.25) is 0 Å². The van der Waals surface area contributed by atoms with Crippen LogP contribution >= 0.6 is 35.6 Å². The van der Waals surface area contributed by atoms with E-state index < -0.39 is 0 Å². The Balaban J connectivity index is 0.00000176. The summed E-state index contributed by atoms with van der Waals surface area (Å²) in [7, 11) is 1.83. The SMILES string of the molecule is CN=C(NCc1ccc(Cl)nc1)N1CCC2(CCOC2)C1.I. The Morgan fingerprint density at radius 1 is 1.50 bits per heavy atom. The third-order valence-electron chi connectivity index (χ3n) is 4.37. The van der Waals surface area contributed by atoms with E-state index in [0.29, 0.717) is 17.1 Å². The van der Waals surface area contributed by atoms with Gasteiger partial charge in [-0.3, -0.25) is 4.99 Å². The fourth-order valence-electron chi connectivity index (χ4n) is 3.11. The number of pyridine rings is 1. The van der Waals surface area contributed by atoms with Crippen LogP contribution in [0.4, 0.5) is 0 Å². The van der Waals surface area contributed by atoms with Crippen molar-refractivity contribution in [2.45, 2.75) is 19.4 Å². The van der Waals surface area contributed by atoms with Gasteiger partial charge >= 0.3 is 0 Å². The Labute approximate surface area is 153 Å². The fourth-order valence-corrected chi connectivity index (χ4v) is 3.22. The minimum Gasteiger partial charge on any atom is -0.381 e. The second-order valence-corrected chi connectivity index (χ2v) is 6.25. The van der Waals surface area contributed by atoms with Crippen LogP contribution in [0.15, 0.2) is 23.3 Å². The highest BCUT2D eigenvalue weighted by Gasteiger charge is 2.42. The largest absolute Gasteiger partial charge is 0.381 e. The smallest absolute Gasteiger partial charge is 0.193 e. The molecule has 1 spiro atoms. The number of guanidine groups is 1. The first kappa shape index (κ1) is 17.7. The fraction of sp³-hybridized carbons (Fsp3) is 0.600. The third kappa shape index (κ3) is 4.02. The molecule has 2 fully saturated rings. The normalized spacial score (nSPS) is 24.6. The Morgan fingerprint density at radius 3 is 3.00 bits per heavy atom. The number of halogens is 2. The summed E-state index contributed by atoms with van der Waals surface area (Å²) < 4.78 is 5.58. The van der Waals surface area contributed by atoms with Crippen LogP contribution in [0.5, 0.6) is 0 Å². The molecular formula is C15H22ClIN4O.